The molecular formula is C57H81N17O16. The highest BCUT2D eigenvalue weighted by Crippen LogP contribution is 2.21. The maximum Gasteiger partial charge on any atom is 0.300 e. The van der Waals surface area contributed by atoms with Crippen LogP contribution in [0, 0.1) is 5.92 Å². The summed E-state index contributed by atoms with van der Waals surface area (Å²) in [5, 5.41) is 51.9. The van der Waals surface area contributed by atoms with Crippen LogP contribution in [0.3, 0.4) is 0 Å². The molecule has 4 aromatic rings. The number of para-hydroxylation sites is 1. The van der Waals surface area contributed by atoms with Gasteiger partial charge in [-0.25, -0.2) is 4.98 Å². The Morgan fingerprint density at radius 3 is 1.94 bits per heavy atom. The van der Waals surface area contributed by atoms with Crippen LogP contribution in [0.2, 0.25) is 0 Å². The van der Waals surface area contributed by atoms with Gasteiger partial charge in [0, 0.05) is 68.8 Å². The van der Waals surface area contributed by atoms with Crippen molar-refractivity contribution in [3.63, 3.8) is 0 Å². The zero-order valence-electron chi connectivity index (χ0n) is 50.0. The maximum absolute atomic E-state index is 14.4. The summed E-state index contributed by atoms with van der Waals surface area (Å²) in [7, 11) is 0. The lowest BCUT2D eigenvalue weighted by atomic mass is 10.0. The normalized spacial score (nSPS) is 16.1. The molecule has 2 aliphatic heterocycles. The number of phenols is 1. The van der Waals surface area contributed by atoms with Gasteiger partial charge in [-0.3, -0.25) is 62.5 Å². The van der Waals surface area contributed by atoms with Crippen LogP contribution in [0.25, 0.3) is 10.9 Å². The molecule has 2 aromatic heterocycles. The highest BCUT2D eigenvalue weighted by molar-refractivity contribution is 5.99. The van der Waals surface area contributed by atoms with E-state index in [1.54, 1.807) is 38.1 Å². The number of hydrogen-bond acceptors (Lipinski definition) is 16. The Morgan fingerprint density at radius 2 is 1.34 bits per heavy atom. The van der Waals surface area contributed by atoms with E-state index >= 15 is 0 Å². The number of likely N-dealkylation sites (tertiary alicyclic amines) is 1. The van der Waals surface area contributed by atoms with Crippen LogP contribution >= 0.6 is 0 Å². The monoisotopic (exact) mass is 1260 g/mol. The third-order valence-corrected chi connectivity index (χ3v) is 14.0. The first-order valence-electron chi connectivity index (χ1n) is 28.7. The van der Waals surface area contributed by atoms with Gasteiger partial charge in [0.25, 0.3) is 5.97 Å². The maximum atomic E-state index is 14.4. The first-order chi connectivity index (χ1) is 42.3. The van der Waals surface area contributed by atoms with Gasteiger partial charge in [-0.1, -0.05) is 44.2 Å². The standard InChI is InChI=1S/C55H75N17O13.C2H4O2.H2O/c1-29(2)19-38(49(80)67-37(9-5-17-60-55(57)58)54(85)72-18-6-10-43(72)53(84)61-25-44(56)75)66-46(77)26-62-47(78)39(20-30-11-13-34(74)14-12-30)68-52(83)42(27-73)71-51(82)40(22-32-21-31-7-3-4-8-35(31)64-32)70-50(81)41(23-33-24-59-28-63-33)69-48(79)36-15-16-45(76)65-36;1-2(3)4;/h3-4,7-8,11-14,21,24,28-29,36-43,64,73-74H,5-6,9-10,15-20,22-23,25-27H2,1-2H3,(H2,56,75)(H,59,63)(H,61,84)(H,62,78)(H,65,76)(H,66,77)(H,67,80)(H,68,83)(H,69,79)(H,70,81)(H,71,82)(H4,57,58,60);1H3,(H,3,4);1H2/t36-,37-,38-,39-,40-,41-,42-,43-;;/m0../s1. The number of aromatic nitrogens is 3. The number of H-pyrrole nitrogens is 2. The Hall–Kier alpha value is -10.2. The lowest BCUT2D eigenvalue weighted by Crippen LogP contribution is -2.60. The number of aliphatic imine (C=N–C) groups is 1. The summed E-state index contributed by atoms with van der Waals surface area (Å²) in [6, 6.07) is 4.18. The number of carbonyl (C=O) groups excluding carboxylic acids is 11. The number of amides is 11. The minimum Gasteiger partial charge on any atom is -0.508 e. The predicted octanol–water partition coefficient (Wildman–Crippen LogP) is -5.12. The van der Waals surface area contributed by atoms with E-state index in [4.69, 9.17) is 27.1 Å². The molecule has 2 saturated heterocycles. The van der Waals surface area contributed by atoms with Crippen molar-refractivity contribution in [1.82, 2.24) is 67.7 Å². The Kier molecular flexibility index (Phi) is 28.6. The number of hydrogen-bond donors (Lipinski definition) is 17. The van der Waals surface area contributed by atoms with Crippen molar-refractivity contribution >= 4 is 87.8 Å². The topological polar surface area (TPSA) is 543 Å². The Morgan fingerprint density at radius 1 is 0.733 bits per heavy atom. The first-order valence-corrected chi connectivity index (χ1v) is 28.7. The van der Waals surface area contributed by atoms with Gasteiger partial charge < -0.3 is 101 Å². The number of aliphatic hydroxyl groups excluding tert-OH is 1. The number of carboxylic acid groups (broad SMARTS) is 1. The number of fused-ring (bicyclic) bond motifs is 1. The van der Waals surface area contributed by atoms with Crippen molar-refractivity contribution < 1.29 is 78.3 Å². The van der Waals surface area contributed by atoms with Crippen molar-refractivity contribution in [3.05, 3.63) is 84.1 Å². The van der Waals surface area contributed by atoms with Crippen molar-refractivity contribution in [1.29, 1.82) is 0 Å². The summed E-state index contributed by atoms with van der Waals surface area (Å²) >= 11 is 0. The molecule has 0 aliphatic carbocycles. The molecule has 0 spiro atoms. The quantitative estimate of drug-likeness (QED) is 0.0127. The molecular weight excluding hydrogens is 1180 g/mol. The highest BCUT2D eigenvalue weighted by atomic mass is 16.4. The van der Waals surface area contributed by atoms with E-state index in [1.807, 2.05) is 6.07 Å². The van der Waals surface area contributed by atoms with Gasteiger partial charge in [0.15, 0.2) is 5.96 Å². The third-order valence-electron chi connectivity index (χ3n) is 14.0. The number of nitrogens with zero attached hydrogens (tertiary/aromatic N) is 3. The second-order valence-corrected chi connectivity index (χ2v) is 21.7. The summed E-state index contributed by atoms with van der Waals surface area (Å²) in [6.07, 6.45) is 3.58. The molecule has 2 aromatic carbocycles. The molecule has 11 amide bonds. The molecule has 0 unspecified atom stereocenters. The van der Waals surface area contributed by atoms with E-state index in [9.17, 15) is 63.0 Å². The average molecular weight is 1260 g/mol. The fourth-order valence-corrected chi connectivity index (χ4v) is 9.74. The summed E-state index contributed by atoms with van der Waals surface area (Å²) in [6.45, 7) is 2.70. The number of aliphatic hydroxyl groups is 1. The lowest BCUT2D eigenvalue weighted by Gasteiger charge is -2.30. The Bertz CT molecular complexity index is 3130. The van der Waals surface area contributed by atoms with Crippen LogP contribution in [-0.4, -0.2) is 199 Å². The summed E-state index contributed by atoms with van der Waals surface area (Å²) in [5.74, 6) is -9.71. The summed E-state index contributed by atoms with van der Waals surface area (Å²) in [4.78, 5) is 173. The van der Waals surface area contributed by atoms with Crippen molar-refractivity contribution in [3.8, 4) is 5.75 Å². The molecule has 2 aliphatic rings. The number of aromatic amines is 2. The minimum atomic E-state index is -1.76. The highest BCUT2D eigenvalue weighted by Gasteiger charge is 2.39. The Balaban J connectivity index is 0.00000335. The molecule has 6 rings (SSSR count). The van der Waals surface area contributed by atoms with E-state index < -0.39 is 133 Å². The number of aromatic hydroxyl groups is 1. The fourth-order valence-electron chi connectivity index (χ4n) is 9.74. The molecule has 33 nitrogen and oxygen atoms in total. The van der Waals surface area contributed by atoms with E-state index in [-0.39, 0.29) is 99.9 Å². The molecule has 490 valence electrons. The molecule has 4 heterocycles. The van der Waals surface area contributed by atoms with Gasteiger partial charge in [-0.15, -0.1) is 0 Å². The first kappa shape index (κ1) is 72.3. The smallest absolute Gasteiger partial charge is 0.300 e. The minimum absolute atomic E-state index is 0. The van der Waals surface area contributed by atoms with E-state index in [0.717, 1.165) is 12.3 Å². The number of phenolic OH excluding ortho intramolecular Hbond substituents is 1. The number of guanidine groups is 1. The zero-order valence-corrected chi connectivity index (χ0v) is 50.0. The zero-order chi connectivity index (χ0) is 65.3. The van der Waals surface area contributed by atoms with Crippen LogP contribution in [0.4, 0.5) is 0 Å². The molecule has 2 fully saturated rings. The van der Waals surface area contributed by atoms with Crippen LogP contribution in [-0.2, 0) is 76.8 Å². The van der Waals surface area contributed by atoms with Crippen molar-refractivity contribution in [2.45, 2.75) is 133 Å². The molecule has 90 heavy (non-hydrogen) atoms. The molecule has 0 radical (unpaired) electrons. The number of carboxylic acids is 1. The average Bonchev–Trinajstić information content (AvgIpc) is 2.24. The second-order valence-electron chi connectivity index (χ2n) is 21.7. The van der Waals surface area contributed by atoms with E-state index in [0.29, 0.717) is 28.9 Å². The second kappa shape index (κ2) is 35.6. The van der Waals surface area contributed by atoms with Gasteiger partial charge in [0.2, 0.25) is 65.0 Å². The van der Waals surface area contributed by atoms with Gasteiger partial charge in [0.05, 0.1) is 26.0 Å². The number of primary amides is 1. The molecule has 8 atom stereocenters. The number of imidazole rings is 1. The number of nitrogens with two attached hydrogens (primary N) is 3. The van der Waals surface area contributed by atoms with Crippen molar-refractivity contribution in [2.75, 3.05) is 32.8 Å². The van der Waals surface area contributed by atoms with Crippen LogP contribution in [0.15, 0.2) is 72.1 Å². The summed E-state index contributed by atoms with van der Waals surface area (Å²) in [5.41, 5.74) is 18.2. The molecule has 0 bridgehead atoms. The van der Waals surface area contributed by atoms with Crippen LogP contribution < -0.4 is 65.1 Å². The number of aliphatic carboxylic acids is 1. The SMILES string of the molecule is CC(=O)O.CC(C)C[C@H](NC(=O)CNC(=O)[C@H](Cc1ccc(O)cc1)NC(=O)[C@H](CO)NC(=O)[C@H](Cc1cc2ccccc2[nH]1)NC(=O)[C@H](Cc1cnc[nH]1)NC(=O)[C@@H]1CCC(=O)N1)C(=O)N[C@@H](CCCN=C(N)N)C(=O)N1CCC[C@H]1C(=O)NCC(N)=O.O. The summed E-state index contributed by atoms with van der Waals surface area (Å²) < 4.78 is 0. The fraction of sp³-hybridized carbons (Fsp3) is 0.474. The number of nitrogens with one attached hydrogen (secondary N) is 11. The van der Waals surface area contributed by atoms with Crippen LogP contribution in [0.1, 0.15) is 82.7 Å². The Labute approximate surface area is 516 Å². The van der Waals surface area contributed by atoms with Crippen LogP contribution in [0.5, 0.6) is 5.75 Å². The van der Waals surface area contributed by atoms with E-state index in [1.165, 1.54) is 41.7 Å². The number of carbonyl (C=O) groups is 12. The number of rotatable bonds is 31. The largest absolute Gasteiger partial charge is 0.508 e. The van der Waals surface area contributed by atoms with Crippen molar-refractivity contribution in [2.24, 2.45) is 28.1 Å². The number of benzene rings is 2. The predicted molar refractivity (Wildman–Crippen MR) is 322 cm³/mol. The molecule has 0 saturated carbocycles. The molecule has 22 N–H and O–H groups in total. The lowest BCUT2D eigenvalue weighted by molar-refractivity contribution is -0.142. The third kappa shape index (κ3) is 23.5. The van der Waals surface area contributed by atoms with Gasteiger partial charge >= 0.3 is 0 Å². The van der Waals surface area contributed by atoms with Gasteiger partial charge in [-0.2, -0.15) is 0 Å². The molecule has 33 heteroatoms. The van der Waals surface area contributed by atoms with E-state index in [2.05, 4.69) is 67.8 Å². The van der Waals surface area contributed by atoms with Gasteiger partial charge in [0.1, 0.15) is 54.1 Å². The van der Waals surface area contributed by atoms with Gasteiger partial charge in [-0.05, 0) is 79.7 Å².